The smallest absolute Gasteiger partial charge is 0.0583 e. The summed E-state index contributed by atoms with van der Waals surface area (Å²) in [6.07, 6.45) is 2.33. The topological polar surface area (TPSA) is 20.2 Å². The van der Waals surface area contributed by atoms with E-state index in [-0.39, 0.29) is 6.10 Å². The molecule has 0 amide bonds. The van der Waals surface area contributed by atoms with Gasteiger partial charge in [0.1, 0.15) is 0 Å². The Bertz CT molecular complexity index is 448. The van der Waals surface area contributed by atoms with Gasteiger partial charge in [-0.1, -0.05) is 24.3 Å². The summed E-state index contributed by atoms with van der Waals surface area (Å²) < 4.78 is 0. The number of hydrogen-bond acceptors (Lipinski definition) is 2. The van der Waals surface area contributed by atoms with Crippen LogP contribution in [0.5, 0.6) is 0 Å². The number of hydrogen-bond donors (Lipinski definition) is 1. The second-order valence-electron chi connectivity index (χ2n) is 4.45. The molecule has 0 bridgehead atoms. The zero-order chi connectivity index (χ0) is 12.1. The number of rotatable bonds is 5. The molecule has 2 aromatic rings. The highest BCUT2D eigenvalue weighted by atomic mass is 32.1. The highest BCUT2D eigenvalue weighted by molar-refractivity contribution is 7.07. The summed E-state index contributed by atoms with van der Waals surface area (Å²) in [5, 5.41) is 14.3. The Morgan fingerprint density at radius 2 is 2.06 bits per heavy atom. The molecule has 0 spiro atoms. The summed E-state index contributed by atoms with van der Waals surface area (Å²) in [6.45, 7) is 2.10. The van der Waals surface area contributed by atoms with E-state index in [4.69, 9.17) is 0 Å². The van der Waals surface area contributed by atoms with Crippen LogP contribution in [0, 0.1) is 6.92 Å². The van der Waals surface area contributed by atoms with Gasteiger partial charge >= 0.3 is 0 Å². The van der Waals surface area contributed by atoms with Crippen molar-refractivity contribution in [1.29, 1.82) is 0 Å². The minimum Gasteiger partial charge on any atom is -0.393 e. The third-order valence-corrected chi connectivity index (χ3v) is 3.80. The normalized spacial score (nSPS) is 12.6. The van der Waals surface area contributed by atoms with Crippen LogP contribution in [-0.2, 0) is 12.8 Å². The number of thiophene rings is 1. The molecular weight excluding hydrogens is 228 g/mol. The lowest BCUT2D eigenvalue weighted by atomic mass is 9.99. The van der Waals surface area contributed by atoms with Gasteiger partial charge in [0, 0.05) is 0 Å². The van der Waals surface area contributed by atoms with Gasteiger partial charge < -0.3 is 5.11 Å². The van der Waals surface area contributed by atoms with Crippen LogP contribution in [0.4, 0.5) is 0 Å². The van der Waals surface area contributed by atoms with Crippen LogP contribution in [-0.4, -0.2) is 11.2 Å². The third kappa shape index (κ3) is 3.69. The molecule has 0 radical (unpaired) electrons. The fraction of sp³-hybridized carbons (Fsp3) is 0.333. The van der Waals surface area contributed by atoms with Crippen LogP contribution in [0.25, 0.3) is 0 Å². The molecule has 17 heavy (non-hydrogen) atoms. The second-order valence-corrected chi connectivity index (χ2v) is 5.23. The molecule has 1 N–H and O–H groups in total. The molecule has 90 valence electrons. The molecule has 0 saturated heterocycles. The van der Waals surface area contributed by atoms with Crippen molar-refractivity contribution in [3.8, 4) is 0 Å². The van der Waals surface area contributed by atoms with Crippen LogP contribution in [0.2, 0.25) is 0 Å². The molecule has 1 nitrogen and oxygen atoms in total. The van der Waals surface area contributed by atoms with E-state index in [1.54, 1.807) is 11.3 Å². The number of aliphatic hydroxyl groups is 1. The van der Waals surface area contributed by atoms with Crippen molar-refractivity contribution in [2.45, 2.75) is 32.3 Å². The van der Waals surface area contributed by atoms with Crippen LogP contribution in [0.15, 0.2) is 41.1 Å². The van der Waals surface area contributed by atoms with Crippen LogP contribution < -0.4 is 0 Å². The Balaban J connectivity index is 1.85. The molecule has 1 unspecified atom stereocenters. The van der Waals surface area contributed by atoms with Gasteiger partial charge in [0.05, 0.1) is 6.10 Å². The standard InChI is InChI=1S/C15H18OS/c1-12-4-2-3-5-14(12)10-15(16)7-6-13-8-9-17-11-13/h2-5,8-9,11,15-16H,6-7,10H2,1H3. The van der Waals surface area contributed by atoms with E-state index in [0.29, 0.717) is 0 Å². The predicted molar refractivity (Wildman–Crippen MR) is 73.5 cm³/mol. The molecule has 1 atom stereocenters. The van der Waals surface area contributed by atoms with E-state index >= 15 is 0 Å². The summed E-state index contributed by atoms with van der Waals surface area (Å²) in [7, 11) is 0. The number of benzene rings is 1. The first-order valence-electron chi connectivity index (χ1n) is 5.99. The molecule has 1 heterocycles. The average Bonchev–Trinajstić information content (AvgIpc) is 2.82. The number of aryl methyl sites for hydroxylation is 2. The van der Waals surface area contributed by atoms with E-state index in [1.165, 1.54) is 16.7 Å². The molecule has 2 rings (SSSR count). The van der Waals surface area contributed by atoms with Crippen LogP contribution >= 0.6 is 11.3 Å². The average molecular weight is 246 g/mol. The summed E-state index contributed by atoms with van der Waals surface area (Å²) in [5.41, 5.74) is 3.85. The molecule has 0 aliphatic heterocycles. The van der Waals surface area contributed by atoms with Crippen LogP contribution in [0.3, 0.4) is 0 Å². The van der Waals surface area contributed by atoms with Crippen molar-refractivity contribution in [3.63, 3.8) is 0 Å². The first-order valence-corrected chi connectivity index (χ1v) is 6.93. The Morgan fingerprint density at radius 3 is 2.76 bits per heavy atom. The molecule has 2 heteroatoms. The van der Waals surface area contributed by atoms with E-state index in [9.17, 15) is 5.11 Å². The van der Waals surface area contributed by atoms with Crippen molar-refractivity contribution < 1.29 is 5.11 Å². The van der Waals surface area contributed by atoms with Crippen molar-refractivity contribution in [2.24, 2.45) is 0 Å². The second kappa shape index (κ2) is 5.99. The van der Waals surface area contributed by atoms with Crippen molar-refractivity contribution in [1.82, 2.24) is 0 Å². The predicted octanol–water partition coefficient (Wildman–Crippen LogP) is 3.59. The fourth-order valence-corrected chi connectivity index (χ4v) is 2.67. The fourth-order valence-electron chi connectivity index (χ4n) is 1.96. The lowest BCUT2D eigenvalue weighted by molar-refractivity contribution is 0.165. The highest BCUT2D eigenvalue weighted by Gasteiger charge is 2.07. The summed E-state index contributed by atoms with van der Waals surface area (Å²) in [6, 6.07) is 10.4. The van der Waals surface area contributed by atoms with Gasteiger partial charge in [-0.05, 0) is 59.7 Å². The van der Waals surface area contributed by atoms with E-state index in [2.05, 4.69) is 35.9 Å². The maximum atomic E-state index is 10.0. The molecule has 0 aliphatic carbocycles. The van der Waals surface area contributed by atoms with E-state index < -0.39 is 0 Å². The zero-order valence-corrected chi connectivity index (χ0v) is 10.9. The van der Waals surface area contributed by atoms with Gasteiger partial charge in [-0.2, -0.15) is 11.3 Å². The first kappa shape index (κ1) is 12.3. The molecule has 0 fully saturated rings. The van der Waals surface area contributed by atoms with Crippen molar-refractivity contribution in [2.75, 3.05) is 0 Å². The lowest BCUT2D eigenvalue weighted by Crippen LogP contribution is -2.12. The Hall–Kier alpha value is -1.12. The quantitative estimate of drug-likeness (QED) is 0.854. The van der Waals surface area contributed by atoms with Gasteiger partial charge in [-0.3, -0.25) is 0 Å². The molecule has 0 saturated carbocycles. The van der Waals surface area contributed by atoms with Crippen molar-refractivity contribution >= 4 is 11.3 Å². The highest BCUT2D eigenvalue weighted by Crippen LogP contribution is 2.14. The van der Waals surface area contributed by atoms with Gasteiger partial charge in [0.15, 0.2) is 0 Å². The summed E-state index contributed by atoms with van der Waals surface area (Å²) >= 11 is 1.72. The van der Waals surface area contributed by atoms with Crippen LogP contribution in [0.1, 0.15) is 23.1 Å². The number of aliphatic hydroxyl groups excluding tert-OH is 1. The van der Waals surface area contributed by atoms with Crippen molar-refractivity contribution in [3.05, 3.63) is 57.8 Å². The van der Waals surface area contributed by atoms with Gasteiger partial charge in [0.25, 0.3) is 0 Å². The van der Waals surface area contributed by atoms with Gasteiger partial charge in [0.2, 0.25) is 0 Å². The first-order chi connectivity index (χ1) is 8.25. The Kier molecular flexibility index (Phi) is 4.35. The molecule has 0 aliphatic rings. The Labute approximate surface area is 107 Å². The largest absolute Gasteiger partial charge is 0.393 e. The molecule has 1 aromatic heterocycles. The third-order valence-electron chi connectivity index (χ3n) is 3.06. The molecular formula is C15H18OS. The minimum atomic E-state index is -0.240. The van der Waals surface area contributed by atoms with Gasteiger partial charge in [-0.25, -0.2) is 0 Å². The van der Waals surface area contributed by atoms with E-state index in [1.807, 2.05) is 12.1 Å². The minimum absolute atomic E-state index is 0.240. The maximum absolute atomic E-state index is 10.0. The summed E-state index contributed by atoms with van der Waals surface area (Å²) in [4.78, 5) is 0. The van der Waals surface area contributed by atoms with Gasteiger partial charge in [-0.15, -0.1) is 0 Å². The monoisotopic (exact) mass is 246 g/mol. The summed E-state index contributed by atoms with van der Waals surface area (Å²) in [5.74, 6) is 0. The maximum Gasteiger partial charge on any atom is 0.0583 e. The Morgan fingerprint density at radius 1 is 1.24 bits per heavy atom. The SMILES string of the molecule is Cc1ccccc1CC(O)CCc1ccsc1. The zero-order valence-electron chi connectivity index (χ0n) is 10.1. The molecule has 1 aromatic carbocycles. The lowest BCUT2D eigenvalue weighted by Gasteiger charge is -2.11. The van der Waals surface area contributed by atoms with E-state index in [0.717, 1.165) is 19.3 Å².